The molecule has 1 atom stereocenters. The molecule has 1 aromatic heterocycles. The predicted octanol–water partition coefficient (Wildman–Crippen LogP) is 3.41. The maximum absolute atomic E-state index is 13.4. The van der Waals surface area contributed by atoms with E-state index in [9.17, 15) is 14.3 Å². The highest BCUT2D eigenvalue weighted by Crippen LogP contribution is 2.21. The highest BCUT2D eigenvalue weighted by molar-refractivity contribution is 5.95. The van der Waals surface area contributed by atoms with E-state index in [0.29, 0.717) is 17.0 Å². The van der Waals surface area contributed by atoms with Crippen molar-refractivity contribution in [2.45, 2.75) is 13.0 Å². The number of hydrogen-bond acceptors (Lipinski definition) is 3. The third-order valence-corrected chi connectivity index (χ3v) is 3.72. The zero-order valence-corrected chi connectivity index (χ0v) is 13.0. The lowest BCUT2D eigenvalue weighted by atomic mass is 10.1. The van der Waals surface area contributed by atoms with Crippen LogP contribution in [-0.2, 0) is 0 Å². The Bertz CT molecular complexity index is 862. The molecule has 2 aromatic carbocycles. The quantitative estimate of drug-likeness (QED) is 0.688. The normalized spacial score (nSPS) is 11.9. The van der Waals surface area contributed by atoms with E-state index in [4.69, 9.17) is 0 Å². The van der Waals surface area contributed by atoms with Gasteiger partial charge in [-0.25, -0.2) is 9.37 Å². The van der Waals surface area contributed by atoms with Gasteiger partial charge in [0, 0.05) is 23.5 Å². The van der Waals surface area contributed by atoms with Crippen molar-refractivity contribution < 1.29 is 14.3 Å². The monoisotopic (exact) mass is 325 g/mol. The summed E-state index contributed by atoms with van der Waals surface area (Å²) in [7, 11) is 0. The van der Waals surface area contributed by atoms with Crippen molar-refractivity contribution in [3.05, 3.63) is 71.8 Å². The lowest BCUT2D eigenvalue weighted by molar-refractivity contribution is 0.0940. The Hall–Kier alpha value is -3.15. The first-order valence-electron chi connectivity index (χ1n) is 7.43. The Morgan fingerprint density at radius 1 is 1.29 bits per heavy atom. The van der Waals surface area contributed by atoms with Gasteiger partial charge in [0.25, 0.3) is 5.91 Å². The number of aromatic amines is 1. The van der Waals surface area contributed by atoms with Crippen molar-refractivity contribution >= 4 is 5.91 Å². The molecule has 0 spiro atoms. The molecule has 3 aromatic rings. The third kappa shape index (κ3) is 3.27. The predicted molar refractivity (Wildman–Crippen MR) is 88.0 cm³/mol. The minimum atomic E-state index is -0.714. The SMILES string of the molecule is C[C@H](NC(=O)c1cccc(-c2ncc[nH]2)c1)c1ccc(O)c(F)c1. The average molecular weight is 325 g/mol. The van der Waals surface area contributed by atoms with Crippen LogP contribution in [0.5, 0.6) is 5.75 Å². The van der Waals surface area contributed by atoms with Crippen LogP contribution >= 0.6 is 0 Å². The van der Waals surface area contributed by atoms with Gasteiger partial charge in [-0.1, -0.05) is 18.2 Å². The van der Waals surface area contributed by atoms with Gasteiger partial charge in [-0.15, -0.1) is 0 Å². The number of nitrogens with one attached hydrogen (secondary N) is 2. The number of carbonyl (C=O) groups excluding carboxylic acids is 1. The smallest absolute Gasteiger partial charge is 0.251 e. The highest BCUT2D eigenvalue weighted by Gasteiger charge is 2.14. The minimum Gasteiger partial charge on any atom is -0.505 e. The van der Waals surface area contributed by atoms with Gasteiger partial charge in [0.1, 0.15) is 5.82 Å². The highest BCUT2D eigenvalue weighted by atomic mass is 19.1. The minimum absolute atomic E-state index is 0.274. The molecule has 0 saturated carbocycles. The molecule has 0 bridgehead atoms. The van der Waals surface area contributed by atoms with Crippen LogP contribution in [0.25, 0.3) is 11.4 Å². The van der Waals surface area contributed by atoms with Crippen LogP contribution in [0.15, 0.2) is 54.9 Å². The van der Waals surface area contributed by atoms with Crippen LogP contribution < -0.4 is 5.32 Å². The molecule has 3 N–H and O–H groups in total. The number of nitrogens with zero attached hydrogens (tertiary/aromatic N) is 1. The average Bonchev–Trinajstić information content (AvgIpc) is 3.12. The van der Waals surface area contributed by atoms with Crippen LogP contribution in [0.2, 0.25) is 0 Å². The number of benzene rings is 2. The summed E-state index contributed by atoms with van der Waals surface area (Å²) < 4.78 is 13.4. The largest absolute Gasteiger partial charge is 0.505 e. The summed E-state index contributed by atoms with van der Waals surface area (Å²) >= 11 is 0. The van der Waals surface area contributed by atoms with Gasteiger partial charge < -0.3 is 15.4 Å². The molecule has 0 aliphatic heterocycles. The van der Waals surface area contributed by atoms with Crippen molar-refractivity contribution in [2.24, 2.45) is 0 Å². The molecule has 1 amide bonds. The Morgan fingerprint density at radius 3 is 2.83 bits per heavy atom. The molecule has 0 aliphatic carbocycles. The number of aromatic nitrogens is 2. The maximum atomic E-state index is 13.4. The Morgan fingerprint density at radius 2 is 2.12 bits per heavy atom. The lowest BCUT2D eigenvalue weighted by Gasteiger charge is -2.15. The van der Waals surface area contributed by atoms with E-state index >= 15 is 0 Å². The van der Waals surface area contributed by atoms with E-state index in [1.54, 1.807) is 43.6 Å². The van der Waals surface area contributed by atoms with Crippen LogP contribution in [0, 0.1) is 5.82 Å². The second-order valence-electron chi connectivity index (χ2n) is 5.42. The van der Waals surface area contributed by atoms with Gasteiger partial charge in [-0.3, -0.25) is 4.79 Å². The number of rotatable bonds is 4. The van der Waals surface area contributed by atoms with E-state index in [1.165, 1.54) is 12.1 Å². The summed E-state index contributed by atoms with van der Waals surface area (Å²) in [6.07, 6.45) is 3.35. The molecule has 122 valence electrons. The van der Waals surface area contributed by atoms with Gasteiger partial charge in [-0.2, -0.15) is 0 Å². The molecule has 0 unspecified atom stereocenters. The number of imidazole rings is 1. The van der Waals surface area contributed by atoms with Crippen molar-refractivity contribution in [3.63, 3.8) is 0 Å². The van der Waals surface area contributed by atoms with Gasteiger partial charge in [0.15, 0.2) is 11.6 Å². The second-order valence-corrected chi connectivity index (χ2v) is 5.42. The first-order chi connectivity index (χ1) is 11.5. The number of halogens is 1. The number of H-pyrrole nitrogens is 1. The van der Waals surface area contributed by atoms with Gasteiger partial charge in [-0.05, 0) is 36.8 Å². The molecule has 0 saturated heterocycles. The molecule has 3 rings (SSSR count). The maximum Gasteiger partial charge on any atom is 0.251 e. The molecule has 0 radical (unpaired) electrons. The van der Waals surface area contributed by atoms with Crippen LogP contribution in [0.3, 0.4) is 0 Å². The van der Waals surface area contributed by atoms with Gasteiger partial charge in [0.05, 0.1) is 6.04 Å². The van der Waals surface area contributed by atoms with E-state index in [-0.39, 0.29) is 5.91 Å². The molecule has 0 fully saturated rings. The number of aromatic hydroxyl groups is 1. The molecule has 0 aliphatic rings. The van der Waals surface area contributed by atoms with Gasteiger partial charge >= 0.3 is 0 Å². The van der Waals surface area contributed by atoms with Crippen LogP contribution in [0.1, 0.15) is 28.9 Å². The third-order valence-electron chi connectivity index (χ3n) is 3.72. The molecule has 1 heterocycles. The first-order valence-corrected chi connectivity index (χ1v) is 7.43. The molecule has 6 heteroatoms. The summed E-state index contributed by atoms with van der Waals surface area (Å²) in [6, 6.07) is 10.7. The molecule has 24 heavy (non-hydrogen) atoms. The Kier molecular flexibility index (Phi) is 4.29. The molecule has 5 nitrogen and oxygen atoms in total. The van der Waals surface area contributed by atoms with Crippen molar-refractivity contribution in [2.75, 3.05) is 0 Å². The fraction of sp³-hybridized carbons (Fsp3) is 0.111. The fourth-order valence-electron chi connectivity index (χ4n) is 2.39. The topological polar surface area (TPSA) is 78.0 Å². The van der Waals surface area contributed by atoms with E-state index in [1.807, 2.05) is 6.07 Å². The summed E-state index contributed by atoms with van der Waals surface area (Å²) in [5, 5.41) is 12.0. The Balaban J connectivity index is 1.77. The molecular formula is C18H16FN3O2. The van der Waals surface area contributed by atoms with Gasteiger partial charge in [0.2, 0.25) is 0 Å². The molecular weight excluding hydrogens is 309 g/mol. The van der Waals surface area contributed by atoms with Crippen LogP contribution in [-0.4, -0.2) is 21.0 Å². The summed E-state index contributed by atoms with van der Waals surface area (Å²) in [6.45, 7) is 1.75. The van der Waals surface area contributed by atoms with Crippen molar-refractivity contribution in [3.8, 4) is 17.1 Å². The van der Waals surface area contributed by atoms with Crippen molar-refractivity contribution in [1.29, 1.82) is 0 Å². The van der Waals surface area contributed by atoms with E-state index in [0.717, 1.165) is 5.56 Å². The summed E-state index contributed by atoms with van der Waals surface area (Å²) in [5.74, 6) is -0.723. The van der Waals surface area contributed by atoms with E-state index in [2.05, 4.69) is 15.3 Å². The number of hydrogen-bond donors (Lipinski definition) is 3. The summed E-state index contributed by atoms with van der Waals surface area (Å²) in [4.78, 5) is 19.6. The number of carbonyl (C=O) groups is 1. The number of phenolic OH excluding ortho intramolecular Hbond substituents is 1. The standard InChI is InChI=1S/C18H16FN3O2/c1-11(12-5-6-16(23)15(19)10-12)22-18(24)14-4-2-3-13(9-14)17-20-7-8-21-17/h2-11,23H,1H3,(H,20,21)(H,22,24)/t11-/m0/s1. The van der Waals surface area contributed by atoms with Crippen LogP contribution in [0.4, 0.5) is 4.39 Å². The number of phenols is 1. The Labute approximate surface area is 138 Å². The number of amides is 1. The second kappa shape index (κ2) is 6.54. The fourth-order valence-corrected chi connectivity index (χ4v) is 2.39. The lowest BCUT2D eigenvalue weighted by Crippen LogP contribution is -2.26. The summed E-state index contributed by atoms with van der Waals surface area (Å²) in [5.41, 5.74) is 1.85. The zero-order chi connectivity index (χ0) is 17.1. The van der Waals surface area contributed by atoms with Crippen molar-refractivity contribution in [1.82, 2.24) is 15.3 Å². The van der Waals surface area contributed by atoms with E-state index < -0.39 is 17.6 Å². The first kappa shape index (κ1) is 15.7. The zero-order valence-electron chi connectivity index (χ0n) is 13.0.